The molecule has 0 aromatic rings. The van der Waals surface area contributed by atoms with Gasteiger partial charge in [0.15, 0.2) is 0 Å². The van der Waals surface area contributed by atoms with Gasteiger partial charge in [-0.2, -0.15) is 8.78 Å². The molecule has 62 valence electrons. The van der Waals surface area contributed by atoms with Crippen molar-refractivity contribution in [2.24, 2.45) is 0 Å². The molecule has 0 radical (unpaired) electrons. The van der Waals surface area contributed by atoms with Crippen molar-refractivity contribution < 1.29 is 33.4 Å². The lowest BCUT2D eigenvalue weighted by Crippen LogP contribution is -2.49. The number of carbonyl (C=O) groups is 3. The van der Waals surface area contributed by atoms with Gasteiger partial charge >= 0.3 is 17.7 Å². The number of alkyl halides is 2. The fourth-order valence-electron chi connectivity index (χ4n) is 0.227. The Hall–Kier alpha value is -1.53. The number of carboxylic acid groups (broad SMARTS) is 2. The summed E-state index contributed by atoms with van der Waals surface area (Å²) in [4.78, 5) is 28.8. The van der Waals surface area contributed by atoms with Crippen LogP contribution in [-0.4, -0.2) is 28.8 Å². The summed E-state index contributed by atoms with van der Waals surface area (Å²) in [6.07, 6.45) is 0. The number of carboxylic acids is 2. The van der Waals surface area contributed by atoms with E-state index in [4.69, 9.17) is 5.11 Å². The van der Waals surface area contributed by atoms with Crippen LogP contribution in [0.4, 0.5) is 8.78 Å². The fourth-order valence-corrected chi connectivity index (χ4v) is 0.227. The molecule has 0 spiro atoms. The van der Waals surface area contributed by atoms with E-state index in [-0.39, 0.29) is 0 Å². The zero-order chi connectivity index (χ0) is 9.23. The molecule has 5 nitrogen and oxygen atoms in total. The first-order chi connectivity index (χ1) is 4.80. The SMILES string of the molecule is O=C(O)C(=O)C(F)(F)C(=O)[O-]. The van der Waals surface area contributed by atoms with Crippen molar-refractivity contribution in [3.8, 4) is 0 Å². The quantitative estimate of drug-likeness (QED) is 0.388. The Morgan fingerprint density at radius 2 is 1.64 bits per heavy atom. The standard InChI is InChI=1S/C4H2F2O5/c5-4(6,3(10)11)1(7)2(8)9/h(H,8,9)(H,10,11)/p-1. The highest BCUT2D eigenvalue weighted by Gasteiger charge is 2.44. The number of aliphatic carboxylic acids is 2. The third-order valence-corrected chi connectivity index (χ3v) is 0.736. The molecule has 0 bridgehead atoms. The van der Waals surface area contributed by atoms with E-state index in [0.29, 0.717) is 0 Å². The van der Waals surface area contributed by atoms with Crippen LogP contribution in [0, 0.1) is 0 Å². The van der Waals surface area contributed by atoms with E-state index < -0.39 is 23.6 Å². The van der Waals surface area contributed by atoms with E-state index in [1.54, 1.807) is 0 Å². The topological polar surface area (TPSA) is 94.5 Å². The number of rotatable bonds is 3. The minimum absolute atomic E-state index is 2.51. The van der Waals surface area contributed by atoms with Crippen LogP contribution in [0.5, 0.6) is 0 Å². The second-order valence-electron chi connectivity index (χ2n) is 1.50. The molecule has 0 aromatic carbocycles. The minimum atomic E-state index is -4.95. The van der Waals surface area contributed by atoms with E-state index in [9.17, 15) is 28.3 Å². The Kier molecular flexibility index (Phi) is 2.24. The van der Waals surface area contributed by atoms with Crippen LogP contribution in [0.2, 0.25) is 0 Å². The van der Waals surface area contributed by atoms with Gasteiger partial charge in [-0.3, -0.25) is 4.79 Å². The summed E-state index contributed by atoms with van der Waals surface area (Å²) in [6, 6.07) is 0. The molecule has 0 rings (SSSR count). The first kappa shape index (κ1) is 9.47. The molecular weight excluding hydrogens is 166 g/mol. The van der Waals surface area contributed by atoms with Gasteiger partial charge < -0.3 is 15.0 Å². The number of carbonyl (C=O) groups excluding carboxylic acids is 2. The van der Waals surface area contributed by atoms with Crippen LogP contribution < -0.4 is 5.11 Å². The Labute approximate surface area is 58.2 Å². The average molecular weight is 167 g/mol. The van der Waals surface area contributed by atoms with Gasteiger partial charge in [0.05, 0.1) is 0 Å². The van der Waals surface area contributed by atoms with Gasteiger partial charge in [-0.25, -0.2) is 4.79 Å². The molecule has 0 amide bonds. The molecule has 11 heavy (non-hydrogen) atoms. The molecule has 0 aliphatic heterocycles. The van der Waals surface area contributed by atoms with Crippen LogP contribution in [0.3, 0.4) is 0 Å². The summed E-state index contributed by atoms with van der Waals surface area (Å²) in [5.74, 6) is -13.2. The maximum atomic E-state index is 11.8. The maximum absolute atomic E-state index is 11.8. The summed E-state index contributed by atoms with van der Waals surface area (Å²) < 4.78 is 23.6. The van der Waals surface area contributed by atoms with Crippen molar-refractivity contribution in [2.45, 2.75) is 5.92 Å². The average Bonchev–Trinajstić information content (AvgIpc) is 1.85. The predicted octanol–water partition coefficient (Wildman–Crippen LogP) is -1.97. The van der Waals surface area contributed by atoms with E-state index >= 15 is 0 Å². The van der Waals surface area contributed by atoms with Crippen molar-refractivity contribution >= 4 is 17.7 Å². The van der Waals surface area contributed by atoms with Gasteiger partial charge in [0.2, 0.25) is 0 Å². The number of Topliss-reactive ketones (excluding diaryl/α,β-unsaturated/α-hetero) is 1. The highest BCUT2D eigenvalue weighted by Crippen LogP contribution is 2.13. The third kappa shape index (κ3) is 1.69. The molecule has 1 N–H and O–H groups in total. The molecule has 0 aromatic heterocycles. The van der Waals surface area contributed by atoms with Crippen LogP contribution in [0.1, 0.15) is 0 Å². The van der Waals surface area contributed by atoms with Gasteiger partial charge in [-0.05, 0) is 0 Å². The molecule has 7 heteroatoms. The third-order valence-electron chi connectivity index (χ3n) is 0.736. The van der Waals surface area contributed by atoms with E-state index in [0.717, 1.165) is 0 Å². The number of halogens is 2. The molecule has 0 saturated carbocycles. The summed E-state index contributed by atoms with van der Waals surface area (Å²) >= 11 is 0. The zero-order valence-electron chi connectivity index (χ0n) is 4.84. The van der Waals surface area contributed by atoms with Crippen LogP contribution in [-0.2, 0) is 14.4 Å². The molecular formula is C4HF2O5-. The molecule has 0 heterocycles. The lowest BCUT2D eigenvalue weighted by Gasteiger charge is -2.11. The summed E-state index contributed by atoms with van der Waals surface area (Å²) in [5.41, 5.74) is 0. The lowest BCUT2D eigenvalue weighted by atomic mass is 10.2. The van der Waals surface area contributed by atoms with Crippen molar-refractivity contribution in [2.75, 3.05) is 0 Å². The Morgan fingerprint density at radius 3 is 1.73 bits per heavy atom. The summed E-state index contributed by atoms with van der Waals surface area (Å²) in [6.45, 7) is 0. The Balaban J connectivity index is 4.70. The van der Waals surface area contributed by atoms with Crippen LogP contribution in [0.25, 0.3) is 0 Å². The van der Waals surface area contributed by atoms with Crippen molar-refractivity contribution in [3.05, 3.63) is 0 Å². The number of ketones is 1. The second-order valence-corrected chi connectivity index (χ2v) is 1.50. The highest BCUT2D eigenvalue weighted by molar-refractivity contribution is 6.39. The van der Waals surface area contributed by atoms with E-state index in [2.05, 4.69) is 0 Å². The van der Waals surface area contributed by atoms with E-state index in [1.807, 2.05) is 0 Å². The monoisotopic (exact) mass is 167 g/mol. The molecule has 0 unspecified atom stereocenters. The largest absolute Gasteiger partial charge is 0.544 e. The van der Waals surface area contributed by atoms with Gasteiger partial charge in [-0.1, -0.05) is 0 Å². The van der Waals surface area contributed by atoms with Crippen molar-refractivity contribution in [3.63, 3.8) is 0 Å². The fraction of sp³-hybridized carbons (Fsp3) is 0.250. The van der Waals surface area contributed by atoms with Crippen molar-refractivity contribution in [1.29, 1.82) is 0 Å². The maximum Gasteiger partial charge on any atom is 0.379 e. The molecule has 0 saturated heterocycles. The highest BCUT2D eigenvalue weighted by atomic mass is 19.3. The number of hydrogen-bond acceptors (Lipinski definition) is 4. The van der Waals surface area contributed by atoms with Gasteiger partial charge in [-0.15, -0.1) is 0 Å². The summed E-state index contributed by atoms with van der Waals surface area (Å²) in [5, 5.41) is 17.1. The lowest BCUT2D eigenvalue weighted by molar-refractivity contribution is -0.325. The molecule has 0 fully saturated rings. The Morgan fingerprint density at radius 1 is 1.27 bits per heavy atom. The molecule has 0 atom stereocenters. The minimum Gasteiger partial charge on any atom is -0.544 e. The van der Waals surface area contributed by atoms with Crippen LogP contribution in [0.15, 0.2) is 0 Å². The van der Waals surface area contributed by atoms with Crippen molar-refractivity contribution in [1.82, 2.24) is 0 Å². The first-order valence-corrected chi connectivity index (χ1v) is 2.17. The van der Waals surface area contributed by atoms with E-state index in [1.165, 1.54) is 0 Å². The summed E-state index contributed by atoms with van der Waals surface area (Å²) in [7, 11) is 0. The number of hydrogen-bond donors (Lipinski definition) is 1. The second kappa shape index (κ2) is 2.60. The normalized spacial score (nSPS) is 10.7. The zero-order valence-corrected chi connectivity index (χ0v) is 4.84. The molecule has 0 aliphatic rings. The Bertz CT molecular complexity index is 221. The van der Waals surface area contributed by atoms with Gasteiger partial charge in [0.1, 0.15) is 5.97 Å². The smallest absolute Gasteiger partial charge is 0.379 e. The first-order valence-electron chi connectivity index (χ1n) is 2.17. The van der Waals surface area contributed by atoms with Gasteiger partial charge in [0, 0.05) is 0 Å². The van der Waals surface area contributed by atoms with Gasteiger partial charge in [0.25, 0.3) is 0 Å². The molecule has 0 aliphatic carbocycles. The van der Waals surface area contributed by atoms with Crippen LogP contribution >= 0.6 is 0 Å². The predicted molar refractivity (Wildman–Crippen MR) is 22.6 cm³/mol.